The zero-order valence-electron chi connectivity index (χ0n) is 10.7. The van der Waals surface area contributed by atoms with E-state index in [2.05, 4.69) is 5.32 Å². The van der Waals surface area contributed by atoms with Gasteiger partial charge in [-0.05, 0) is 33.1 Å². The maximum absolute atomic E-state index is 11.7. The molecule has 0 aromatic carbocycles. The lowest BCUT2D eigenvalue weighted by atomic mass is 10.2. The molecule has 1 aliphatic heterocycles. The first kappa shape index (κ1) is 13.8. The molecule has 0 aromatic rings. The van der Waals surface area contributed by atoms with Crippen molar-refractivity contribution in [3.05, 3.63) is 0 Å². The summed E-state index contributed by atoms with van der Waals surface area (Å²) in [6, 6.07) is -0.00800. The summed E-state index contributed by atoms with van der Waals surface area (Å²) in [7, 11) is 0. The quantitative estimate of drug-likeness (QED) is 0.744. The van der Waals surface area contributed by atoms with Crippen LogP contribution in [0.1, 0.15) is 39.5 Å². The van der Waals surface area contributed by atoms with Gasteiger partial charge in [-0.15, -0.1) is 0 Å². The summed E-state index contributed by atoms with van der Waals surface area (Å²) in [5.41, 5.74) is 0. The first-order chi connectivity index (χ1) is 8.13. The van der Waals surface area contributed by atoms with E-state index in [-0.39, 0.29) is 18.0 Å². The van der Waals surface area contributed by atoms with Crippen molar-refractivity contribution in [3.8, 4) is 0 Å². The number of carbonyl (C=O) groups is 2. The Morgan fingerprint density at radius 2 is 2.00 bits per heavy atom. The molecule has 1 N–H and O–H groups in total. The third kappa shape index (κ3) is 5.06. The summed E-state index contributed by atoms with van der Waals surface area (Å²) in [5.74, 6) is -0.199. The largest absolute Gasteiger partial charge is 0.466 e. The van der Waals surface area contributed by atoms with E-state index in [0.717, 1.165) is 25.9 Å². The van der Waals surface area contributed by atoms with Gasteiger partial charge in [-0.25, -0.2) is 4.79 Å². The number of urea groups is 1. The summed E-state index contributed by atoms with van der Waals surface area (Å²) in [6.45, 7) is 5.80. The summed E-state index contributed by atoms with van der Waals surface area (Å²) in [5, 5.41) is 2.90. The van der Waals surface area contributed by atoms with Gasteiger partial charge in [-0.3, -0.25) is 4.79 Å². The highest BCUT2D eigenvalue weighted by atomic mass is 16.5. The fourth-order valence-electron chi connectivity index (χ4n) is 1.86. The minimum Gasteiger partial charge on any atom is -0.466 e. The Balaban J connectivity index is 2.17. The molecule has 1 heterocycles. The predicted octanol–water partition coefficient (Wildman–Crippen LogP) is 1.52. The van der Waals surface area contributed by atoms with Gasteiger partial charge in [0.15, 0.2) is 0 Å². The summed E-state index contributed by atoms with van der Waals surface area (Å²) < 4.78 is 4.83. The van der Waals surface area contributed by atoms with Crippen molar-refractivity contribution in [2.75, 3.05) is 19.7 Å². The predicted molar refractivity (Wildman–Crippen MR) is 64.7 cm³/mol. The van der Waals surface area contributed by atoms with Crippen molar-refractivity contribution in [1.82, 2.24) is 10.2 Å². The molecule has 98 valence electrons. The van der Waals surface area contributed by atoms with Crippen molar-refractivity contribution >= 4 is 12.0 Å². The van der Waals surface area contributed by atoms with Gasteiger partial charge >= 0.3 is 12.0 Å². The Labute approximate surface area is 102 Å². The Bertz CT molecular complexity index is 262. The smallest absolute Gasteiger partial charge is 0.317 e. The molecule has 2 amide bonds. The molecule has 1 aliphatic rings. The minimum absolute atomic E-state index is 0.00695. The molecule has 5 heteroatoms. The number of ether oxygens (including phenoxy) is 1. The Hall–Kier alpha value is -1.26. The highest BCUT2D eigenvalue weighted by molar-refractivity contribution is 5.75. The van der Waals surface area contributed by atoms with Gasteiger partial charge in [0.05, 0.1) is 6.61 Å². The van der Waals surface area contributed by atoms with Gasteiger partial charge in [-0.2, -0.15) is 0 Å². The van der Waals surface area contributed by atoms with Gasteiger partial charge in [0.2, 0.25) is 0 Å². The van der Waals surface area contributed by atoms with Crippen LogP contribution in [0.3, 0.4) is 0 Å². The number of carbonyl (C=O) groups excluding carboxylic acids is 2. The van der Waals surface area contributed by atoms with Crippen LogP contribution in [0, 0.1) is 0 Å². The van der Waals surface area contributed by atoms with Crippen molar-refractivity contribution in [2.45, 2.75) is 45.6 Å². The number of nitrogens with one attached hydrogen (secondary N) is 1. The second-order valence-electron chi connectivity index (χ2n) is 4.39. The molecule has 1 saturated heterocycles. The Kier molecular flexibility index (Phi) is 5.80. The molecule has 0 unspecified atom stereocenters. The van der Waals surface area contributed by atoms with E-state index < -0.39 is 0 Å². The molecular weight excluding hydrogens is 220 g/mol. The lowest BCUT2D eigenvalue weighted by Crippen LogP contribution is -2.42. The van der Waals surface area contributed by atoms with Crippen LogP contribution in [0.25, 0.3) is 0 Å². The van der Waals surface area contributed by atoms with E-state index in [0.29, 0.717) is 19.4 Å². The first-order valence-electron chi connectivity index (χ1n) is 6.34. The van der Waals surface area contributed by atoms with Gasteiger partial charge in [0.1, 0.15) is 0 Å². The topological polar surface area (TPSA) is 58.6 Å². The van der Waals surface area contributed by atoms with Crippen molar-refractivity contribution < 1.29 is 14.3 Å². The van der Waals surface area contributed by atoms with Crippen molar-refractivity contribution in [3.63, 3.8) is 0 Å². The van der Waals surface area contributed by atoms with E-state index >= 15 is 0 Å². The van der Waals surface area contributed by atoms with Gasteiger partial charge in [-0.1, -0.05) is 0 Å². The van der Waals surface area contributed by atoms with Crippen LogP contribution >= 0.6 is 0 Å². The molecule has 0 aromatic heterocycles. The minimum atomic E-state index is -0.199. The average molecular weight is 242 g/mol. The lowest BCUT2D eigenvalue weighted by molar-refractivity contribution is -0.143. The van der Waals surface area contributed by atoms with Crippen LogP contribution in [0.15, 0.2) is 0 Å². The SMILES string of the molecule is CCOC(=O)CC[C@@H](C)NC(=O)N1CCCC1. The fraction of sp³-hybridized carbons (Fsp3) is 0.833. The Morgan fingerprint density at radius 1 is 1.35 bits per heavy atom. The molecular formula is C12H22N2O3. The number of hydrogen-bond donors (Lipinski definition) is 1. The van der Waals surface area contributed by atoms with E-state index in [1.165, 1.54) is 0 Å². The summed E-state index contributed by atoms with van der Waals surface area (Å²) in [4.78, 5) is 24.7. The highest BCUT2D eigenvalue weighted by Crippen LogP contribution is 2.08. The maximum Gasteiger partial charge on any atom is 0.317 e. The van der Waals surface area contributed by atoms with Gasteiger partial charge in [0, 0.05) is 25.6 Å². The van der Waals surface area contributed by atoms with E-state index in [1.807, 2.05) is 11.8 Å². The summed E-state index contributed by atoms with van der Waals surface area (Å²) in [6.07, 6.45) is 3.16. The molecule has 0 radical (unpaired) electrons. The molecule has 0 bridgehead atoms. The third-order valence-corrected chi connectivity index (χ3v) is 2.85. The van der Waals surface area contributed by atoms with Crippen molar-refractivity contribution in [1.29, 1.82) is 0 Å². The molecule has 1 rings (SSSR count). The second-order valence-corrected chi connectivity index (χ2v) is 4.39. The number of amides is 2. The van der Waals surface area contributed by atoms with Crippen LogP contribution in [0.4, 0.5) is 4.79 Å². The number of rotatable bonds is 5. The van der Waals surface area contributed by atoms with Crippen LogP contribution in [-0.2, 0) is 9.53 Å². The number of nitrogens with zero attached hydrogens (tertiary/aromatic N) is 1. The van der Waals surface area contributed by atoms with Crippen LogP contribution in [0.5, 0.6) is 0 Å². The van der Waals surface area contributed by atoms with Crippen LogP contribution < -0.4 is 5.32 Å². The average Bonchev–Trinajstić information content (AvgIpc) is 2.80. The number of likely N-dealkylation sites (tertiary alicyclic amines) is 1. The molecule has 5 nitrogen and oxygen atoms in total. The fourth-order valence-corrected chi connectivity index (χ4v) is 1.86. The molecule has 1 atom stereocenters. The third-order valence-electron chi connectivity index (χ3n) is 2.85. The highest BCUT2D eigenvalue weighted by Gasteiger charge is 2.19. The molecule has 0 saturated carbocycles. The lowest BCUT2D eigenvalue weighted by Gasteiger charge is -2.20. The summed E-state index contributed by atoms with van der Waals surface area (Å²) >= 11 is 0. The van der Waals surface area contributed by atoms with Gasteiger partial charge < -0.3 is 15.0 Å². The number of esters is 1. The van der Waals surface area contributed by atoms with E-state index in [1.54, 1.807) is 6.92 Å². The van der Waals surface area contributed by atoms with E-state index in [4.69, 9.17) is 4.74 Å². The monoisotopic (exact) mass is 242 g/mol. The maximum atomic E-state index is 11.7. The first-order valence-corrected chi connectivity index (χ1v) is 6.34. The Morgan fingerprint density at radius 3 is 2.59 bits per heavy atom. The molecule has 0 spiro atoms. The zero-order valence-corrected chi connectivity index (χ0v) is 10.7. The van der Waals surface area contributed by atoms with E-state index in [9.17, 15) is 9.59 Å². The second kappa shape index (κ2) is 7.14. The number of hydrogen-bond acceptors (Lipinski definition) is 3. The molecule has 17 heavy (non-hydrogen) atoms. The van der Waals surface area contributed by atoms with Crippen molar-refractivity contribution in [2.24, 2.45) is 0 Å². The molecule has 0 aliphatic carbocycles. The van der Waals surface area contributed by atoms with Crippen LogP contribution in [-0.4, -0.2) is 42.6 Å². The zero-order chi connectivity index (χ0) is 12.7. The normalized spacial score (nSPS) is 16.7. The van der Waals surface area contributed by atoms with Gasteiger partial charge in [0.25, 0.3) is 0 Å². The van der Waals surface area contributed by atoms with Crippen LogP contribution in [0.2, 0.25) is 0 Å². The molecule has 1 fully saturated rings. The standard InChI is InChI=1S/C12H22N2O3/c1-3-17-11(15)7-6-10(2)13-12(16)14-8-4-5-9-14/h10H,3-9H2,1-2H3,(H,13,16)/t10-/m1/s1.